The van der Waals surface area contributed by atoms with E-state index in [0.29, 0.717) is 18.0 Å². The van der Waals surface area contributed by atoms with Crippen LogP contribution in [0.2, 0.25) is 0 Å². The first kappa shape index (κ1) is 15.5. The van der Waals surface area contributed by atoms with Gasteiger partial charge in [0.2, 0.25) is 10.0 Å². The molecule has 2 N–H and O–H groups in total. The number of benzene rings is 1. The molecule has 2 rings (SSSR count). The Morgan fingerprint density at radius 3 is 1.80 bits per heavy atom. The van der Waals surface area contributed by atoms with Gasteiger partial charge < -0.3 is 5.73 Å². The van der Waals surface area contributed by atoms with Crippen molar-refractivity contribution in [1.29, 1.82) is 0 Å². The van der Waals surface area contributed by atoms with Gasteiger partial charge in [-0.3, -0.25) is 0 Å². The number of nitrogens with zero attached hydrogens (tertiary/aromatic N) is 1. The minimum Gasteiger partial charge on any atom is -0.326 e. The van der Waals surface area contributed by atoms with Gasteiger partial charge in [-0.1, -0.05) is 0 Å². The third-order valence-corrected chi connectivity index (χ3v) is 6.86. The average molecular weight is 296 g/mol. The van der Waals surface area contributed by atoms with E-state index in [1.807, 2.05) is 34.6 Å². The highest BCUT2D eigenvalue weighted by Crippen LogP contribution is 2.32. The highest BCUT2D eigenvalue weighted by Gasteiger charge is 2.34. The van der Waals surface area contributed by atoms with E-state index in [0.717, 1.165) is 28.7 Å². The molecule has 1 atom stereocenters. The Labute approximate surface area is 122 Å². The second kappa shape index (κ2) is 5.13. The van der Waals surface area contributed by atoms with E-state index in [1.54, 1.807) is 0 Å². The summed E-state index contributed by atoms with van der Waals surface area (Å²) in [4.78, 5) is 0.479. The minimum absolute atomic E-state index is 0.0435. The standard InChI is InChI=1S/C15H24N2O2S/c1-9-10(2)12(4)15(13(5)11(9)3)20(18,19)17-7-6-14(16)8-17/h14H,6-8,16H2,1-5H3/t14-/m1/s1. The SMILES string of the molecule is Cc1c(C)c(C)c(S(=O)(=O)N2CC[C@@H](N)C2)c(C)c1C. The topological polar surface area (TPSA) is 63.4 Å². The van der Waals surface area contributed by atoms with Crippen molar-refractivity contribution in [3.05, 3.63) is 27.8 Å². The van der Waals surface area contributed by atoms with Crippen LogP contribution in [0.15, 0.2) is 4.90 Å². The third-order valence-electron chi connectivity index (χ3n) is 4.72. The summed E-state index contributed by atoms with van der Waals surface area (Å²) in [5.74, 6) is 0. The molecule has 1 aromatic rings. The maximum Gasteiger partial charge on any atom is 0.243 e. The Morgan fingerprint density at radius 2 is 1.40 bits per heavy atom. The number of hydrogen-bond donors (Lipinski definition) is 1. The summed E-state index contributed by atoms with van der Waals surface area (Å²) < 4.78 is 27.3. The molecule has 0 aromatic heterocycles. The highest BCUT2D eigenvalue weighted by molar-refractivity contribution is 7.89. The van der Waals surface area contributed by atoms with Crippen LogP contribution in [0.25, 0.3) is 0 Å². The summed E-state index contributed by atoms with van der Waals surface area (Å²) in [5.41, 5.74) is 10.9. The van der Waals surface area contributed by atoms with Gasteiger partial charge in [0.05, 0.1) is 4.90 Å². The predicted octanol–water partition coefficient (Wildman–Crippen LogP) is 1.95. The van der Waals surface area contributed by atoms with Crippen molar-refractivity contribution in [3.63, 3.8) is 0 Å². The van der Waals surface area contributed by atoms with E-state index < -0.39 is 10.0 Å². The maximum atomic E-state index is 12.9. The Balaban J connectivity index is 2.64. The van der Waals surface area contributed by atoms with Crippen LogP contribution in [0.5, 0.6) is 0 Å². The lowest BCUT2D eigenvalue weighted by molar-refractivity contribution is 0.471. The monoisotopic (exact) mass is 296 g/mol. The number of rotatable bonds is 2. The van der Waals surface area contributed by atoms with E-state index in [9.17, 15) is 8.42 Å². The van der Waals surface area contributed by atoms with Crippen LogP contribution in [0.3, 0.4) is 0 Å². The summed E-state index contributed by atoms with van der Waals surface area (Å²) in [6.45, 7) is 10.8. The zero-order valence-electron chi connectivity index (χ0n) is 12.9. The van der Waals surface area contributed by atoms with Gasteiger partial charge in [-0.15, -0.1) is 0 Å². The molecule has 1 heterocycles. The summed E-state index contributed by atoms with van der Waals surface area (Å²) >= 11 is 0. The van der Waals surface area contributed by atoms with E-state index in [4.69, 9.17) is 5.73 Å². The molecule has 1 aromatic carbocycles. The molecule has 5 heteroatoms. The molecule has 1 aliphatic rings. The van der Waals surface area contributed by atoms with Crippen molar-refractivity contribution in [1.82, 2.24) is 4.31 Å². The van der Waals surface area contributed by atoms with Gasteiger partial charge >= 0.3 is 0 Å². The third kappa shape index (κ3) is 2.28. The van der Waals surface area contributed by atoms with Crippen molar-refractivity contribution < 1.29 is 8.42 Å². The molecule has 1 saturated heterocycles. The lowest BCUT2D eigenvalue weighted by Gasteiger charge is -2.23. The molecular formula is C15H24N2O2S. The second-order valence-electron chi connectivity index (χ2n) is 5.87. The van der Waals surface area contributed by atoms with Crippen LogP contribution in [0, 0.1) is 34.6 Å². The Bertz CT molecular complexity index is 621. The molecule has 0 spiro atoms. The predicted molar refractivity (Wildman–Crippen MR) is 81.5 cm³/mol. The van der Waals surface area contributed by atoms with Crippen LogP contribution in [-0.4, -0.2) is 31.9 Å². The molecule has 0 aliphatic carbocycles. The summed E-state index contributed by atoms with van der Waals surface area (Å²) in [5, 5.41) is 0. The fourth-order valence-electron chi connectivity index (χ4n) is 2.95. The molecule has 0 unspecified atom stereocenters. The van der Waals surface area contributed by atoms with Crippen LogP contribution < -0.4 is 5.73 Å². The van der Waals surface area contributed by atoms with Gasteiger partial charge in [0.1, 0.15) is 0 Å². The lowest BCUT2D eigenvalue weighted by atomic mass is 9.95. The van der Waals surface area contributed by atoms with E-state index in [1.165, 1.54) is 9.87 Å². The van der Waals surface area contributed by atoms with Crippen molar-refractivity contribution in [2.45, 2.75) is 52.0 Å². The van der Waals surface area contributed by atoms with Gasteiger partial charge in [-0.2, -0.15) is 4.31 Å². The molecule has 0 radical (unpaired) electrons. The van der Waals surface area contributed by atoms with Crippen LogP contribution in [0.1, 0.15) is 34.2 Å². The van der Waals surface area contributed by atoms with E-state index >= 15 is 0 Å². The van der Waals surface area contributed by atoms with Crippen molar-refractivity contribution in [2.24, 2.45) is 5.73 Å². The fraction of sp³-hybridized carbons (Fsp3) is 0.600. The van der Waals surface area contributed by atoms with Crippen LogP contribution in [0.4, 0.5) is 0 Å². The van der Waals surface area contributed by atoms with Gasteiger partial charge in [0.25, 0.3) is 0 Å². The molecule has 1 aliphatic heterocycles. The maximum absolute atomic E-state index is 12.9. The smallest absolute Gasteiger partial charge is 0.243 e. The lowest BCUT2D eigenvalue weighted by Crippen LogP contribution is -2.33. The van der Waals surface area contributed by atoms with Gasteiger partial charge in [-0.05, 0) is 68.9 Å². The molecule has 20 heavy (non-hydrogen) atoms. The molecule has 0 bridgehead atoms. The Kier molecular flexibility index (Phi) is 3.97. The summed E-state index contributed by atoms with van der Waals surface area (Å²) in [6, 6.07) is -0.0435. The van der Waals surface area contributed by atoms with Gasteiger partial charge in [0.15, 0.2) is 0 Å². The van der Waals surface area contributed by atoms with E-state index in [-0.39, 0.29) is 6.04 Å². The molecule has 1 fully saturated rings. The molecule has 112 valence electrons. The molecule has 0 amide bonds. The van der Waals surface area contributed by atoms with Crippen molar-refractivity contribution >= 4 is 10.0 Å². The second-order valence-corrected chi connectivity index (χ2v) is 7.74. The summed E-state index contributed by atoms with van der Waals surface area (Å²) in [6.07, 6.45) is 0.737. The zero-order chi connectivity index (χ0) is 15.2. The minimum atomic E-state index is -3.44. The van der Waals surface area contributed by atoms with Crippen LogP contribution in [-0.2, 0) is 10.0 Å². The van der Waals surface area contributed by atoms with Crippen molar-refractivity contribution in [3.8, 4) is 0 Å². The van der Waals surface area contributed by atoms with E-state index in [2.05, 4.69) is 0 Å². The largest absolute Gasteiger partial charge is 0.326 e. The molecular weight excluding hydrogens is 272 g/mol. The number of nitrogens with two attached hydrogens (primary N) is 1. The highest BCUT2D eigenvalue weighted by atomic mass is 32.2. The zero-order valence-corrected chi connectivity index (χ0v) is 13.8. The Morgan fingerprint density at radius 1 is 0.950 bits per heavy atom. The molecule has 0 saturated carbocycles. The number of sulfonamides is 1. The van der Waals surface area contributed by atoms with Gasteiger partial charge in [-0.25, -0.2) is 8.42 Å². The first-order chi connectivity index (χ1) is 9.17. The number of hydrogen-bond acceptors (Lipinski definition) is 3. The first-order valence-corrected chi connectivity index (χ1v) is 8.44. The van der Waals surface area contributed by atoms with Gasteiger partial charge in [0, 0.05) is 19.1 Å². The fourth-order valence-corrected chi connectivity index (χ4v) is 5.03. The Hall–Kier alpha value is -0.910. The normalized spacial score (nSPS) is 20.6. The van der Waals surface area contributed by atoms with Crippen LogP contribution >= 0.6 is 0 Å². The average Bonchev–Trinajstić information content (AvgIpc) is 2.81. The molecule has 4 nitrogen and oxygen atoms in total. The van der Waals surface area contributed by atoms with Crippen molar-refractivity contribution in [2.75, 3.05) is 13.1 Å². The quantitative estimate of drug-likeness (QED) is 0.907. The summed E-state index contributed by atoms with van der Waals surface area (Å²) in [7, 11) is -3.44. The first-order valence-electron chi connectivity index (χ1n) is 7.00.